The average molecular weight is 330 g/mol. The van der Waals surface area contributed by atoms with Crippen molar-refractivity contribution < 1.29 is 14.6 Å². The second-order valence-electron chi connectivity index (χ2n) is 4.79. The van der Waals surface area contributed by atoms with E-state index in [1.54, 1.807) is 14.2 Å². The highest BCUT2D eigenvalue weighted by Gasteiger charge is 2.32. The van der Waals surface area contributed by atoms with Crippen LogP contribution in [0.4, 0.5) is 0 Å². The molecule has 0 bridgehead atoms. The fraction of sp³-hybridized carbons (Fsp3) is 0.571. The van der Waals surface area contributed by atoms with Crippen molar-refractivity contribution in [3.05, 3.63) is 28.2 Å². The van der Waals surface area contributed by atoms with Crippen LogP contribution in [0.25, 0.3) is 0 Å². The van der Waals surface area contributed by atoms with E-state index in [0.717, 1.165) is 35.3 Å². The highest BCUT2D eigenvalue weighted by atomic mass is 79.9. The minimum Gasteiger partial charge on any atom is -0.495 e. The summed E-state index contributed by atoms with van der Waals surface area (Å²) in [6, 6.07) is 6.18. The van der Waals surface area contributed by atoms with Gasteiger partial charge >= 0.3 is 0 Å². The molecule has 0 unspecified atom stereocenters. The monoisotopic (exact) mass is 329 g/mol. The van der Waals surface area contributed by atoms with Crippen LogP contribution in [0.1, 0.15) is 12.0 Å². The van der Waals surface area contributed by atoms with E-state index < -0.39 is 0 Å². The number of hydrogen-bond acceptors (Lipinski definition) is 4. The lowest BCUT2D eigenvalue weighted by Gasteiger charge is -2.23. The van der Waals surface area contributed by atoms with Crippen molar-refractivity contribution in [1.29, 1.82) is 0 Å². The topological polar surface area (TPSA) is 41.9 Å². The predicted molar refractivity (Wildman–Crippen MR) is 77.4 cm³/mol. The Morgan fingerprint density at radius 3 is 2.84 bits per heavy atom. The molecule has 2 rings (SSSR count). The van der Waals surface area contributed by atoms with Gasteiger partial charge in [-0.05, 0) is 28.4 Å². The fourth-order valence-electron chi connectivity index (χ4n) is 2.62. The summed E-state index contributed by atoms with van der Waals surface area (Å²) in [5, 5.41) is 9.47. The standard InChI is InChI=1S/C14H20BrNO3/c1-18-12-6-11(9-17)16(8-12)7-10-4-3-5-13(15)14(10)19-2/h3-5,11-12,17H,6-9H2,1-2H3/t11-,12-/m0/s1. The molecule has 1 aliphatic rings. The van der Waals surface area contributed by atoms with Crippen molar-refractivity contribution >= 4 is 15.9 Å². The first-order valence-corrected chi connectivity index (χ1v) is 7.18. The largest absolute Gasteiger partial charge is 0.495 e. The van der Waals surface area contributed by atoms with Crippen molar-refractivity contribution in [2.24, 2.45) is 0 Å². The molecule has 2 atom stereocenters. The number of likely N-dealkylation sites (tertiary alicyclic amines) is 1. The summed E-state index contributed by atoms with van der Waals surface area (Å²) in [5.74, 6) is 0.861. The van der Waals surface area contributed by atoms with E-state index in [0.29, 0.717) is 0 Å². The van der Waals surface area contributed by atoms with Gasteiger partial charge in [0, 0.05) is 31.8 Å². The van der Waals surface area contributed by atoms with Gasteiger partial charge in [0.05, 0.1) is 24.3 Å². The van der Waals surface area contributed by atoms with Crippen LogP contribution in [0.3, 0.4) is 0 Å². The zero-order valence-corrected chi connectivity index (χ0v) is 12.9. The van der Waals surface area contributed by atoms with Crippen LogP contribution in [0, 0.1) is 0 Å². The maximum Gasteiger partial charge on any atom is 0.137 e. The Balaban J connectivity index is 2.14. The fourth-order valence-corrected chi connectivity index (χ4v) is 3.19. The third-order valence-electron chi connectivity index (χ3n) is 3.66. The molecule has 0 spiro atoms. The second kappa shape index (κ2) is 6.70. The molecule has 0 radical (unpaired) electrons. The number of aliphatic hydroxyl groups is 1. The van der Waals surface area contributed by atoms with Gasteiger partial charge in [-0.3, -0.25) is 4.90 Å². The molecule has 1 aromatic carbocycles. The van der Waals surface area contributed by atoms with E-state index in [9.17, 15) is 5.11 Å². The van der Waals surface area contributed by atoms with E-state index in [4.69, 9.17) is 9.47 Å². The van der Waals surface area contributed by atoms with Crippen LogP contribution < -0.4 is 4.74 Å². The predicted octanol–water partition coefficient (Wildman–Crippen LogP) is 2.04. The van der Waals surface area contributed by atoms with Crippen molar-refractivity contribution in [3.8, 4) is 5.75 Å². The van der Waals surface area contributed by atoms with E-state index in [1.807, 2.05) is 12.1 Å². The number of methoxy groups -OCH3 is 2. The molecule has 1 fully saturated rings. The van der Waals surface area contributed by atoms with Crippen LogP contribution in [-0.4, -0.2) is 49.5 Å². The number of rotatable bonds is 5. The number of hydrogen-bond donors (Lipinski definition) is 1. The van der Waals surface area contributed by atoms with Crippen LogP contribution in [0.15, 0.2) is 22.7 Å². The summed E-state index contributed by atoms with van der Waals surface area (Å²) in [4.78, 5) is 2.25. The Bertz CT molecular complexity index is 427. The maximum absolute atomic E-state index is 9.47. The number of ether oxygens (including phenoxy) is 2. The molecule has 19 heavy (non-hydrogen) atoms. The van der Waals surface area contributed by atoms with Crippen LogP contribution in [0.5, 0.6) is 5.75 Å². The summed E-state index contributed by atoms with van der Waals surface area (Å²) in [5.41, 5.74) is 1.12. The number of benzene rings is 1. The summed E-state index contributed by atoms with van der Waals surface area (Å²) in [6.07, 6.45) is 1.08. The van der Waals surface area contributed by atoms with Gasteiger partial charge in [-0.2, -0.15) is 0 Å². The van der Waals surface area contributed by atoms with Crippen LogP contribution in [0.2, 0.25) is 0 Å². The van der Waals surface area contributed by atoms with Crippen LogP contribution >= 0.6 is 15.9 Å². The van der Waals surface area contributed by atoms with Gasteiger partial charge in [0.1, 0.15) is 5.75 Å². The molecule has 0 aliphatic carbocycles. The van der Waals surface area contributed by atoms with Crippen molar-refractivity contribution in [2.45, 2.75) is 25.1 Å². The lowest BCUT2D eigenvalue weighted by Crippen LogP contribution is -2.32. The Morgan fingerprint density at radius 2 is 2.21 bits per heavy atom. The van der Waals surface area contributed by atoms with E-state index in [-0.39, 0.29) is 18.8 Å². The van der Waals surface area contributed by atoms with E-state index in [1.165, 1.54) is 0 Å². The summed E-state index contributed by atoms with van der Waals surface area (Å²) in [6.45, 7) is 1.77. The Kier molecular flexibility index (Phi) is 5.21. The Labute approximate surface area is 122 Å². The lowest BCUT2D eigenvalue weighted by atomic mass is 10.1. The van der Waals surface area contributed by atoms with Crippen molar-refractivity contribution in [1.82, 2.24) is 4.90 Å². The van der Waals surface area contributed by atoms with Gasteiger partial charge in [-0.1, -0.05) is 12.1 Å². The Morgan fingerprint density at radius 1 is 1.42 bits per heavy atom. The van der Waals surface area contributed by atoms with Gasteiger partial charge in [0.15, 0.2) is 0 Å². The highest BCUT2D eigenvalue weighted by molar-refractivity contribution is 9.10. The van der Waals surface area contributed by atoms with Gasteiger partial charge in [0.2, 0.25) is 0 Å². The molecule has 4 nitrogen and oxygen atoms in total. The minimum absolute atomic E-state index is 0.161. The van der Waals surface area contributed by atoms with Crippen LogP contribution in [-0.2, 0) is 11.3 Å². The molecule has 5 heteroatoms. The smallest absolute Gasteiger partial charge is 0.137 e. The average Bonchev–Trinajstić information content (AvgIpc) is 2.81. The van der Waals surface area contributed by atoms with E-state index >= 15 is 0 Å². The zero-order valence-electron chi connectivity index (χ0n) is 11.3. The lowest BCUT2D eigenvalue weighted by molar-refractivity contribution is 0.107. The quantitative estimate of drug-likeness (QED) is 0.897. The van der Waals surface area contributed by atoms with Crippen molar-refractivity contribution in [3.63, 3.8) is 0 Å². The minimum atomic E-state index is 0.161. The molecule has 106 valence electrons. The Hall–Kier alpha value is -0.620. The van der Waals surface area contributed by atoms with Gasteiger partial charge in [0.25, 0.3) is 0 Å². The summed E-state index contributed by atoms with van der Waals surface area (Å²) >= 11 is 3.50. The molecule has 0 saturated carbocycles. The van der Waals surface area contributed by atoms with Crippen molar-refractivity contribution in [2.75, 3.05) is 27.4 Å². The molecular formula is C14H20BrNO3. The zero-order chi connectivity index (χ0) is 13.8. The molecule has 1 N–H and O–H groups in total. The summed E-state index contributed by atoms with van der Waals surface area (Å²) in [7, 11) is 3.40. The first-order valence-electron chi connectivity index (χ1n) is 6.38. The molecule has 1 saturated heterocycles. The third kappa shape index (κ3) is 3.28. The second-order valence-corrected chi connectivity index (χ2v) is 5.65. The molecular weight excluding hydrogens is 310 g/mol. The maximum atomic E-state index is 9.47. The first kappa shape index (κ1) is 14.8. The molecule has 0 amide bonds. The molecule has 0 aromatic heterocycles. The third-order valence-corrected chi connectivity index (χ3v) is 4.28. The van der Waals surface area contributed by atoms with Gasteiger partial charge in [-0.25, -0.2) is 0 Å². The van der Waals surface area contributed by atoms with Gasteiger partial charge < -0.3 is 14.6 Å². The SMILES string of the molecule is COc1c(Br)cccc1CN1C[C@@H](OC)C[C@H]1CO. The first-order chi connectivity index (χ1) is 9.19. The molecule has 1 aromatic rings. The number of para-hydroxylation sites is 1. The molecule has 1 aliphatic heterocycles. The highest BCUT2D eigenvalue weighted by Crippen LogP contribution is 2.31. The van der Waals surface area contributed by atoms with Gasteiger partial charge in [-0.15, -0.1) is 0 Å². The summed E-state index contributed by atoms with van der Waals surface area (Å²) < 4.78 is 11.8. The number of nitrogens with zero attached hydrogens (tertiary/aromatic N) is 1. The molecule has 1 heterocycles. The van der Waals surface area contributed by atoms with E-state index in [2.05, 4.69) is 26.9 Å². The number of halogens is 1. The normalized spacial score (nSPS) is 23.8. The number of aliphatic hydroxyl groups excluding tert-OH is 1.